The minimum Gasteiger partial charge on any atom is -0.374 e. The Balaban J connectivity index is 0.967. The first-order chi connectivity index (χ1) is 30.7. The Morgan fingerprint density at radius 2 is 1.03 bits per heavy atom. The van der Waals surface area contributed by atoms with Gasteiger partial charge in [-0.15, -0.1) is 0 Å². The van der Waals surface area contributed by atoms with Crippen LogP contribution in [0.15, 0.2) is 236 Å². The van der Waals surface area contributed by atoms with Gasteiger partial charge in [0.1, 0.15) is 5.84 Å². The van der Waals surface area contributed by atoms with Crippen molar-refractivity contribution in [3.05, 3.63) is 270 Å². The second-order valence-electron chi connectivity index (χ2n) is 16.4. The van der Waals surface area contributed by atoms with Crippen LogP contribution in [0.25, 0.3) is 44.3 Å². The molecule has 8 aromatic carbocycles. The van der Waals surface area contributed by atoms with Crippen LogP contribution < -0.4 is 10.6 Å². The van der Waals surface area contributed by atoms with Crippen molar-refractivity contribution in [2.45, 2.75) is 24.4 Å². The zero-order chi connectivity index (χ0) is 41.2. The Morgan fingerprint density at radius 1 is 0.435 bits per heavy atom. The molecule has 0 fully saturated rings. The summed E-state index contributed by atoms with van der Waals surface area (Å²) in [5.74, 6) is 1.26. The lowest BCUT2D eigenvalue weighted by Gasteiger charge is -2.28. The summed E-state index contributed by atoms with van der Waals surface area (Å²) in [6.07, 6.45) is 14.5. The first-order valence-electron chi connectivity index (χ1n) is 21.6. The first kappa shape index (κ1) is 37.3. The van der Waals surface area contributed by atoms with Gasteiger partial charge in [-0.25, -0.2) is 4.99 Å². The van der Waals surface area contributed by atoms with Gasteiger partial charge in [0.25, 0.3) is 0 Å². The summed E-state index contributed by atoms with van der Waals surface area (Å²) in [7, 11) is 0. The standard InChI is InChI=1S/C59H45N3/c1-5-14-40(15-6-1)42-24-29-47(30-25-42)56-39-57(48-31-26-43(27-32-48)41-16-7-2-8-17-41)62-59(61-56)51-23-13-22-49(36-51)50-33-28-45-34-35-54-58(52(45)37-50)53(44-18-9-3-10-19-44)38-55(60-54)46-20-11-4-12-21-46/h1-16,18-39,41,55,57,60H,17H2,(H,61,62). The fraction of sp³-hybridized carbons (Fsp3) is 0.0678. The fourth-order valence-electron chi connectivity index (χ4n) is 9.18. The molecule has 3 unspecified atom stereocenters. The second-order valence-corrected chi connectivity index (χ2v) is 16.4. The normalized spacial score (nSPS) is 17.9. The van der Waals surface area contributed by atoms with Crippen molar-refractivity contribution < 1.29 is 0 Å². The maximum absolute atomic E-state index is 5.34. The molecule has 3 nitrogen and oxygen atoms in total. The maximum Gasteiger partial charge on any atom is 0.134 e. The molecule has 3 atom stereocenters. The second kappa shape index (κ2) is 16.4. The molecular formula is C59H45N3. The van der Waals surface area contributed by atoms with E-state index in [0.717, 1.165) is 45.9 Å². The Morgan fingerprint density at radius 3 is 1.79 bits per heavy atom. The summed E-state index contributed by atoms with van der Waals surface area (Å²) >= 11 is 0. The lowest BCUT2D eigenvalue weighted by molar-refractivity contribution is 0.777. The van der Waals surface area contributed by atoms with Crippen LogP contribution in [0.1, 0.15) is 63.4 Å². The fourth-order valence-corrected chi connectivity index (χ4v) is 9.18. The number of hydrogen-bond acceptors (Lipinski definition) is 3. The molecule has 0 amide bonds. The molecule has 62 heavy (non-hydrogen) atoms. The number of nitrogens with zero attached hydrogens (tertiary/aromatic N) is 1. The van der Waals surface area contributed by atoms with E-state index in [1.54, 1.807) is 0 Å². The van der Waals surface area contributed by atoms with Crippen LogP contribution in [0.5, 0.6) is 0 Å². The molecule has 0 saturated carbocycles. The molecular weight excluding hydrogens is 751 g/mol. The largest absolute Gasteiger partial charge is 0.374 e. The van der Waals surface area contributed by atoms with Gasteiger partial charge in [0.2, 0.25) is 0 Å². The highest BCUT2D eigenvalue weighted by Crippen LogP contribution is 2.43. The maximum atomic E-state index is 5.34. The van der Waals surface area contributed by atoms with E-state index in [2.05, 4.69) is 241 Å². The van der Waals surface area contributed by atoms with Crippen molar-refractivity contribution in [1.29, 1.82) is 0 Å². The summed E-state index contributed by atoms with van der Waals surface area (Å²) in [4.78, 5) is 5.34. The molecule has 3 aliphatic rings. The SMILES string of the molecule is C1=CCC(c2ccc(C3C=C(c4ccc(-c5ccccc5)cc4)N=C(c4cccc(-c5ccc6ccc7c(c6c5)C(c5ccccc5)=CC(c5ccccc5)N7)c4)N3)cc2)C=C1. The highest BCUT2D eigenvalue weighted by atomic mass is 15.0. The summed E-state index contributed by atoms with van der Waals surface area (Å²) in [6, 6.07) is 70.2. The molecule has 0 saturated heterocycles. The topological polar surface area (TPSA) is 36.4 Å². The van der Waals surface area contributed by atoms with E-state index >= 15 is 0 Å². The van der Waals surface area contributed by atoms with Crippen molar-refractivity contribution in [2.24, 2.45) is 4.99 Å². The predicted molar refractivity (Wildman–Crippen MR) is 260 cm³/mol. The minimum absolute atomic E-state index is 0.0617. The number of allylic oxidation sites excluding steroid dienone is 4. The highest BCUT2D eigenvalue weighted by molar-refractivity contribution is 6.07. The molecule has 296 valence electrons. The smallest absolute Gasteiger partial charge is 0.134 e. The number of amidine groups is 1. The van der Waals surface area contributed by atoms with Crippen LogP contribution in [0, 0.1) is 0 Å². The van der Waals surface area contributed by atoms with E-state index in [4.69, 9.17) is 4.99 Å². The molecule has 2 N–H and O–H groups in total. The van der Waals surface area contributed by atoms with Gasteiger partial charge in [-0.1, -0.05) is 200 Å². The summed E-state index contributed by atoms with van der Waals surface area (Å²) < 4.78 is 0. The van der Waals surface area contributed by atoms with Crippen molar-refractivity contribution in [3.8, 4) is 22.3 Å². The molecule has 11 rings (SSSR count). The number of benzene rings is 8. The van der Waals surface area contributed by atoms with Gasteiger partial charge in [-0.05, 0) is 103 Å². The molecule has 3 heteroatoms. The number of anilines is 1. The van der Waals surface area contributed by atoms with Crippen molar-refractivity contribution in [3.63, 3.8) is 0 Å². The van der Waals surface area contributed by atoms with Crippen molar-refractivity contribution >= 4 is 33.6 Å². The van der Waals surface area contributed by atoms with E-state index in [1.165, 1.54) is 55.3 Å². The molecule has 0 bridgehead atoms. The van der Waals surface area contributed by atoms with Crippen LogP contribution in [0.2, 0.25) is 0 Å². The van der Waals surface area contributed by atoms with Gasteiger partial charge < -0.3 is 10.6 Å². The number of rotatable bonds is 8. The molecule has 0 aromatic heterocycles. The van der Waals surface area contributed by atoms with Gasteiger partial charge in [0.15, 0.2) is 0 Å². The summed E-state index contributed by atoms with van der Waals surface area (Å²) in [6.45, 7) is 0. The lowest BCUT2D eigenvalue weighted by Crippen LogP contribution is -2.31. The minimum atomic E-state index is -0.0617. The molecule has 8 aromatic rings. The van der Waals surface area contributed by atoms with Gasteiger partial charge in [-0.3, -0.25) is 0 Å². The first-order valence-corrected chi connectivity index (χ1v) is 21.6. The highest BCUT2D eigenvalue weighted by Gasteiger charge is 2.25. The van der Waals surface area contributed by atoms with E-state index in [-0.39, 0.29) is 12.1 Å². The summed E-state index contributed by atoms with van der Waals surface area (Å²) in [5.41, 5.74) is 16.4. The number of nitrogens with one attached hydrogen (secondary N) is 2. The van der Waals surface area contributed by atoms with Crippen LogP contribution in [0.3, 0.4) is 0 Å². The van der Waals surface area contributed by atoms with Crippen LogP contribution in [-0.2, 0) is 0 Å². The average Bonchev–Trinajstić information content (AvgIpc) is 3.37. The monoisotopic (exact) mass is 795 g/mol. The molecule has 2 heterocycles. The number of hydrogen-bond donors (Lipinski definition) is 2. The van der Waals surface area contributed by atoms with Crippen LogP contribution >= 0.6 is 0 Å². The third-order valence-corrected chi connectivity index (χ3v) is 12.5. The number of aliphatic imine (C=N–C) groups is 1. The Bertz CT molecular complexity index is 3070. The van der Waals surface area contributed by atoms with Gasteiger partial charge in [0.05, 0.1) is 17.8 Å². The van der Waals surface area contributed by atoms with Gasteiger partial charge in [0, 0.05) is 22.7 Å². The number of fused-ring (bicyclic) bond motifs is 3. The molecule has 0 spiro atoms. The molecule has 2 aliphatic heterocycles. The van der Waals surface area contributed by atoms with E-state index in [9.17, 15) is 0 Å². The van der Waals surface area contributed by atoms with E-state index < -0.39 is 0 Å². The van der Waals surface area contributed by atoms with E-state index in [1.807, 2.05) is 0 Å². The van der Waals surface area contributed by atoms with Gasteiger partial charge in [-0.2, -0.15) is 0 Å². The zero-order valence-corrected chi connectivity index (χ0v) is 34.3. The van der Waals surface area contributed by atoms with Crippen LogP contribution in [0.4, 0.5) is 5.69 Å². The van der Waals surface area contributed by atoms with Crippen molar-refractivity contribution in [1.82, 2.24) is 5.32 Å². The quantitative estimate of drug-likeness (QED) is 0.161. The van der Waals surface area contributed by atoms with Crippen LogP contribution in [-0.4, -0.2) is 5.84 Å². The Kier molecular flexibility index (Phi) is 9.84. The summed E-state index contributed by atoms with van der Waals surface area (Å²) in [5, 5.41) is 10.1. The van der Waals surface area contributed by atoms with E-state index in [0.29, 0.717) is 5.92 Å². The Labute approximate surface area is 363 Å². The third kappa shape index (κ3) is 7.39. The third-order valence-electron chi connectivity index (χ3n) is 12.5. The predicted octanol–water partition coefficient (Wildman–Crippen LogP) is 14.5. The Hall–Kier alpha value is -7.75. The van der Waals surface area contributed by atoms with Gasteiger partial charge >= 0.3 is 0 Å². The lowest BCUT2D eigenvalue weighted by atomic mass is 9.85. The molecule has 0 radical (unpaired) electrons. The zero-order valence-electron chi connectivity index (χ0n) is 34.3. The molecule has 1 aliphatic carbocycles. The average molecular weight is 796 g/mol. The van der Waals surface area contributed by atoms with Crippen molar-refractivity contribution in [2.75, 3.05) is 5.32 Å².